The van der Waals surface area contributed by atoms with Crippen LogP contribution in [0.5, 0.6) is 0 Å². The number of para-hydroxylation sites is 1. The number of anilines is 1. The number of hydrogen-bond donors (Lipinski definition) is 1. The van der Waals surface area contributed by atoms with Crippen molar-refractivity contribution in [2.75, 3.05) is 18.8 Å². The summed E-state index contributed by atoms with van der Waals surface area (Å²) in [6.45, 7) is 7.96. The molecule has 0 spiro atoms. The molecule has 2 rings (SSSR count). The SMILES string of the molecule is CCCCc1nc2c(N)cccc2n1CC(=O)N(CC)CC. The van der Waals surface area contributed by atoms with Gasteiger partial charge in [0.1, 0.15) is 17.9 Å². The quantitative estimate of drug-likeness (QED) is 0.800. The largest absolute Gasteiger partial charge is 0.397 e. The van der Waals surface area contributed by atoms with Gasteiger partial charge in [0.15, 0.2) is 0 Å². The first-order chi connectivity index (χ1) is 10.6. The van der Waals surface area contributed by atoms with E-state index in [2.05, 4.69) is 11.9 Å². The van der Waals surface area contributed by atoms with Crippen molar-refractivity contribution in [3.8, 4) is 0 Å². The third-order valence-electron chi connectivity index (χ3n) is 4.05. The summed E-state index contributed by atoms with van der Waals surface area (Å²) < 4.78 is 2.03. The lowest BCUT2D eigenvalue weighted by molar-refractivity contribution is -0.131. The van der Waals surface area contributed by atoms with E-state index >= 15 is 0 Å². The van der Waals surface area contributed by atoms with Gasteiger partial charge < -0.3 is 15.2 Å². The number of aromatic nitrogens is 2. The molecule has 22 heavy (non-hydrogen) atoms. The maximum atomic E-state index is 12.5. The molecule has 0 aliphatic heterocycles. The molecule has 0 saturated carbocycles. The summed E-state index contributed by atoms with van der Waals surface area (Å²) in [5.74, 6) is 1.08. The highest BCUT2D eigenvalue weighted by molar-refractivity contribution is 5.89. The Morgan fingerprint density at radius 3 is 2.64 bits per heavy atom. The van der Waals surface area contributed by atoms with Gasteiger partial charge in [-0.25, -0.2) is 4.98 Å². The van der Waals surface area contributed by atoms with Gasteiger partial charge in [-0.05, 0) is 32.4 Å². The second kappa shape index (κ2) is 7.29. The Hall–Kier alpha value is -2.04. The summed E-state index contributed by atoms with van der Waals surface area (Å²) in [5, 5.41) is 0. The maximum absolute atomic E-state index is 12.5. The topological polar surface area (TPSA) is 64.1 Å². The highest BCUT2D eigenvalue weighted by atomic mass is 16.2. The van der Waals surface area contributed by atoms with Gasteiger partial charge in [-0.2, -0.15) is 0 Å². The van der Waals surface area contributed by atoms with Crippen LogP contribution in [-0.2, 0) is 17.8 Å². The normalized spacial score (nSPS) is 11.0. The van der Waals surface area contributed by atoms with Gasteiger partial charge in [-0.1, -0.05) is 19.4 Å². The molecule has 1 aromatic carbocycles. The minimum atomic E-state index is 0.129. The number of carbonyl (C=O) groups excluding carboxylic acids is 1. The molecule has 1 heterocycles. The molecule has 1 amide bonds. The number of nitrogens with two attached hydrogens (primary N) is 1. The first-order valence-corrected chi connectivity index (χ1v) is 8.13. The molecular formula is C17H26N4O. The van der Waals surface area contributed by atoms with Gasteiger partial charge >= 0.3 is 0 Å². The Morgan fingerprint density at radius 2 is 2.00 bits per heavy atom. The van der Waals surface area contributed by atoms with Crippen molar-refractivity contribution in [1.29, 1.82) is 0 Å². The van der Waals surface area contributed by atoms with Crippen molar-refractivity contribution in [3.05, 3.63) is 24.0 Å². The summed E-state index contributed by atoms with van der Waals surface area (Å²) in [4.78, 5) is 19.0. The molecule has 0 saturated heterocycles. The van der Waals surface area contributed by atoms with Crippen LogP contribution in [0.2, 0.25) is 0 Å². The molecule has 0 atom stereocenters. The highest BCUT2D eigenvalue weighted by Gasteiger charge is 2.17. The van der Waals surface area contributed by atoms with Gasteiger partial charge in [0.25, 0.3) is 0 Å². The summed E-state index contributed by atoms with van der Waals surface area (Å²) >= 11 is 0. The van der Waals surface area contributed by atoms with Gasteiger partial charge in [0, 0.05) is 19.5 Å². The zero-order valence-corrected chi connectivity index (χ0v) is 13.8. The van der Waals surface area contributed by atoms with Crippen molar-refractivity contribution in [3.63, 3.8) is 0 Å². The van der Waals surface area contributed by atoms with E-state index in [1.807, 2.05) is 41.5 Å². The van der Waals surface area contributed by atoms with Gasteiger partial charge in [-0.15, -0.1) is 0 Å². The van der Waals surface area contributed by atoms with E-state index in [-0.39, 0.29) is 5.91 Å². The Kier molecular flexibility index (Phi) is 5.41. The fourth-order valence-corrected chi connectivity index (χ4v) is 2.73. The first-order valence-electron chi connectivity index (χ1n) is 8.13. The van der Waals surface area contributed by atoms with E-state index < -0.39 is 0 Å². The number of benzene rings is 1. The van der Waals surface area contributed by atoms with E-state index in [1.165, 1.54) is 0 Å². The summed E-state index contributed by atoms with van der Waals surface area (Å²) in [7, 11) is 0. The van der Waals surface area contributed by atoms with Gasteiger partial charge in [-0.3, -0.25) is 4.79 Å². The molecule has 0 aliphatic rings. The molecule has 2 N–H and O–H groups in total. The number of fused-ring (bicyclic) bond motifs is 1. The fourth-order valence-electron chi connectivity index (χ4n) is 2.73. The molecule has 120 valence electrons. The Morgan fingerprint density at radius 1 is 1.27 bits per heavy atom. The third kappa shape index (κ3) is 3.24. The van der Waals surface area contributed by atoms with Crippen LogP contribution in [-0.4, -0.2) is 33.4 Å². The first kappa shape index (κ1) is 16.3. The number of nitrogen functional groups attached to an aromatic ring is 1. The standard InChI is InChI=1S/C17H26N4O/c1-4-7-11-15-19-17-13(18)9-8-10-14(17)21(15)12-16(22)20(5-2)6-3/h8-10H,4-7,11-12,18H2,1-3H3. The van der Waals surface area contributed by atoms with Crippen LogP contribution in [0.1, 0.15) is 39.4 Å². The minimum Gasteiger partial charge on any atom is -0.397 e. The predicted octanol–water partition coefficient (Wildman–Crippen LogP) is 2.83. The van der Waals surface area contributed by atoms with E-state index in [0.717, 1.165) is 49.2 Å². The van der Waals surface area contributed by atoms with Crippen molar-refractivity contribution in [2.24, 2.45) is 0 Å². The monoisotopic (exact) mass is 302 g/mol. The molecule has 0 unspecified atom stereocenters. The van der Waals surface area contributed by atoms with Crippen molar-refractivity contribution in [1.82, 2.24) is 14.5 Å². The maximum Gasteiger partial charge on any atom is 0.242 e. The number of rotatable bonds is 7. The summed E-state index contributed by atoms with van der Waals surface area (Å²) in [5.41, 5.74) is 8.47. The van der Waals surface area contributed by atoms with Gasteiger partial charge in [0.2, 0.25) is 5.91 Å². The Labute approximate surface area is 132 Å². The number of amides is 1. The lowest BCUT2D eigenvalue weighted by Gasteiger charge is -2.20. The van der Waals surface area contributed by atoms with Crippen LogP contribution in [0.4, 0.5) is 5.69 Å². The molecule has 5 nitrogen and oxygen atoms in total. The van der Waals surface area contributed by atoms with Crippen molar-refractivity contribution >= 4 is 22.6 Å². The lowest BCUT2D eigenvalue weighted by Crippen LogP contribution is -2.33. The number of unbranched alkanes of at least 4 members (excludes halogenated alkanes) is 1. The second-order valence-electron chi connectivity index (χ2n) is 5.50. The summed E-state index contributed by atoms with van der Waals surface area (Å²) in [6.07, 6.45) is 3.03. The molecule has 0 bridgehead atoms. The van der Waals surface area contributed by atoms with Crippen molar-refractivity contribution in [2.45, 2.75) is 46.6 Å². The molecule has 1 aromatic heterocycles. The molecule has 0 fully saturated rings. The second-order valence-corrected chi connectivity index (χ2v) is 5.50. The predicted molar refractivity (Wildman–Crippen MR) is 90.7 cm³/mol. The van der Waals surface area contributed by atoms with Crippen LogP contribution in [0.15, 0.2) is 18.2 Å². The number of nitrogens with zero attached hydrogens (tertiary/aromatic N) is 3. The average molecular weight is 302 g/mol. The summed E-state index contributed by atoms with van der Waals surface area (Å²) in [6, 6.07) is 5.76. The number of aryl methyl sites for hydroxylation is 1. The van der Waals surface area contributed by atoms with E-state index in [4.69, 9.17) is 5.73 Å². The smallest absolute Gasteiger partial charge is 0.242 e. The molecule has 0 aliphatic carbocycles. The van der Waals surface area contributed by atoms with Crippen molar-refractivity contribution < 1.29 is 4.79 Å². The number of likely N-dealkylation sites (N-methyl/N-ethyl adjacent to an activating group) is 1. The van der Waals surface area contributed by atoms with Crippen LogP contribution >= 0.6 is 0 Å². The fraction of sp³-hybridized carbons (Fsp3) is 0.529. The zero-order chi connectivity index (χ0) is 16.1. The highest BCUT2D eigenvalue weighted by Crippen LogP contribution is 2.23. The van der Waals surface area contributed by atoms with E-state index in [9.17, 15) is 4.79 Å². The molecule has 0 radical (unpaired) electrons. The Balaban J connectivity index is 2.40. The molecular weight excluding hydrogens is 276 g/mol. The number of hydrogen-bond acceptors (Lipinski definition) is 3. The van der Waals surface area contributed by atoms with Crippen LogP contribution in [0.3, 0.4) is 0 Å². The Bertz CT molecular complexity index is 643. The minimum absolute atomic E-state index is 0.129. The van der Waals surface area contributed by atoms with Crippen LogP contribution in [0.25, 0.3) is 11.0 Å². The van der Waals surface area contributed by atoms with Crippen LogP contribution in [0, 0.1) is 0 Å². The average Bonchev–Trinajstić information content (AvgIpc) is 2.86. The molecule has 2 aromatic rings. The lowest BCUT2D eigenvalue weighted by atomic mass is 10.2. The number of imidazole rings is 1. The number of carbonyl (C=O) groups is 1. The van der Waals surface area contributed by atoms with Crippen LogP contribution < -0.4 is 5.73 Å². The van der Waals surface area contributed by atoms with E-state index in [0.29, 0.717) is 12.2 Å². The third-order valence-corrected chi connectivity index (χ3v) is 4.05. The molecule has 5 heteroatoms. The van der Waals surface area contributed by atoms with Gasteiger partial charge in [0.05, 0.1) is 11.2 Å². The van der Waals surface area contributed by atoms with E-state index in [1.54, 1.807) is 0 Å². The zero-order valence-electron chi connectivity index (χ0n) is 13.8.